The monoisotopic (exact) mass is 527 g/mol. The fourth-order valence-corrected chi connectivity index (χ4v) is 3.23. The highest BCUT2D eigenvalue weighted by molar-refractivity contribution is 14.0. The van der Waals surface area contributed by atoms with Gasteiger partial charge in [-0.1, -0.05) is 12.1 Å². The molecule has 0 bridgehead atoms. The van der Waals surface area contributed by atoms with Crippen LogP contribution in [0.2, 0.25) is 0 Å². The number of guanidine groups is 1. The van der Waals surface area contributed by atoms with E-state index in [1.807, 2.05) is 26.1 Å². The van der Waals surface area contributed by atoms with Gasteiger partial charge in [0.2, 0.25) is 0 Å². The van der Waals surface area contributed by atoms with E-state index in [2.05, 4.69) is 31.6 Å². The summed E-state index contributed by atoms with van der Waals surface area (Å²) in [5, 5.41) is 6.50. The molecule has 1 saturated heterocycles. The zero-order valence-electron chi connectivity index (χ0n) is 17.6. The van der Waals surface area contributed by atoms with Crippen molar-refractivity contribution in [3.63, 3.8) is 0 Å². The second kappa shape index (κ2) is 12.6. The highest BCUT2D eigenvalue weighted by Gasteiger charge is 2.13. The number of anilines is 1. The zero-order chi connectivity index (χ0) is 20.5. The van der Waals surface area contributed by atoms with Crippen LogP contribution in [-0.4, -0.2) is 43.2 Å². The summed E-state index contributed by atoms with van der Waals surface area (Å²) >= 11 is 0. The number of aliphatic imine (C=N–C) groups is 1. The lowest BCUT2D eigenvalue weighted by molar-refractivity contribution is 0.214. The predicted molar refractivity (Wildman–Crippen MR) is 130 cm³/mol. The number of hydrogen-bond donors (Lipinski definition) is 2. The molecule has 2 N–H and O–H groups in total. The minimum Gasteiger partial charge on any atom is -0.486 e. The molecular formula is C22H31FIN5O. The number of rotatable bonds is 8. The molecule has 1 aliphatic heterocycles. The van der Waals surface area contributed by atoms with E-state index >= 15 is 0 Å². The Balaban J connectivity index is 0.00000320. The molecule has 0 saturated carbocycles. The molecule has 1 atom stereocenters. The van der Waals surface area contributed by atoms with Crippen molar-refractivity contribution in [2.24, 2.45) is 4.99 Å². The fraction of sp³-hybridized carbons (Fsp3) is 0.455. The number of halogens is 2. The standard InChI is InChI=1S/C22H30FN5O.HI/c1-3-24-22(26-15-17(2)29-20-9-5-4-8-19(20)23)27-16-18-10-11-25-21(14-18)28-12-6-7-13-28;/h4-5,8-11,14,17H,3,6-7,12-13,15-16H2,1-2H3,(H2,24,26,27);1H. The molecule has 0 amide bonds. The van der Waals surface area contributed by atoms with Gasteiger partial charge in [-0.2, -0.15) is 0 Å². The van der Waals surface area contributed by atoms with Crippen LogP contribution < -0.4 is 20.3 Å². The van der Waals surface area contributed by atoms with Gasteiger partial charge in [0.05, 0.1) is 13.1 Å². The van der Waals surface area contributed by atoms with Gasteiger partial charge in [0, 0.05) is 25.8 Å². The normalized spacial score (nSPS) is 14.8. The Morgan fingerprint density at radius 1 is 1.23 bits per heavy atom. The van der Waals surface area contributed by atoms with E-state index in [1.54, 1.807) is 18.2 Å². The van der Waals surface area contributed by atoms with Crippen LogP contribution in [0.4, 0.5) is 10.2 Å². The largest absolute Gasteiger partial charge is 0.486 e. The molecule has 0 spiro atoms. The first-order chi connectivity index (χ1) is 14.2. The van der Waals surface area contributed by atoms with Crippen molar-refractivity contribution in [1.29, 1.82) is 0 Å². The Morgan fingerprint density at radius 3 is 2.73 bits per heavy atom. The van der Waals surface area contributed by atoms with Gasteiger partial charge in [-0.05, 0) is 56.5 Å². The average Bonchev–Trinajstić information content (AvgIpc) is 3.27. The highest BCUT2D eigenvalue weighted by atomic mass is 127. The first-order valence-electron chi connectivity index (χ1n) is 10.3. The van der Waals surface area contributed by atoms with E-state index < -0.39 is 0 Å². The maximum atomic E-state index is 13.7. The highest BCUT2D eigenvalue weighted by Crippen LogP contribution is 2.19. The number of benzene rings is 1. The van der Waals surface area contributed by atoms with E-state index in [0.29, 0.717) is 19.0 Å². The molecule has 2 heterocycles. The summed E-state index contributed by atoms with van der Waals surface area (Å²) < 4.78 is 19.4. The molecule has 1 fully saturated rings. The van der Waals surface area contributed by atoms with Crippen molar-refractivity contribution in [2.75, 3.05) is 31.1 Å². The van der Waals surface area contributed by atoms with E-state index in [0.717, 1.165) is 31.0 Å². The van der Waals surface area contributed by atoms with Gasteiger partial charge in [-0.15, -0.1) is 24.0 Å². The van der Waals surface area contributed by atoms with Gasteiger partial charge in [-0.3, -0.25) is 0 Å². The lowest BCUT2D eigenvalue weighted by Crippen LogP contribution is -2.41. The van der Waals surface area contributed by atoms with Crippen molar-refractivity contribution in [3.05, 3.63) is 54.0 Å². The van der Waals surface area contributed by atoms with E-state index in [1.165, 1.54) is 18.9 Å². The number of pyridine rings is 1. The maximum Gasteiger partial charge on any atom is 0.191 e. The average molecular weight is 527 g/mol. The number of para-hydroxylation sites is 1. The maximum absolute atomic E-state index is 13.7. The Kier molecular flexibility index (Phi) is 10.1. The third-order valence-electron chi connectivity index (χ3n) is 4.73. The van der Waals surface area contributed by atoms with Crippen LogP contribution >= 0.6 is 24.0 Å². The van der Waals surface area contributed by atoms with Crippen molar-refractivity contribution in [1.82, 2.24) is 15.6 Å². The SMILES string of the molecule is CCNC(=NCc1ccnc(N2CCCC2)c1)NCC(C)Oc1ccccc1F.I. The third-order valence-corrected chi connectivity index (χ3v) is 4.73. The molecule has 3 rings (SSSR count). The number of nitrogens with one attached hydrogen (secondary N) is 2. The first-order valence-corrected chi connectivity index (χ1v) is 10.3. The van der Waals surface area contributed by atoms with Crippen LogP contribution in [0.3, 0.4) is 0 Å². The van der Waals surface area contributed by atoms with Crippen LogP contribution in [0.1, 0.15) is 32.3 Å². The molecule has 8 heteroatoms. The molecule has 2 aromatic rings. The second-order valence-electron chi connectivity index (χ2n) is 7.15. The molecule has 1 unspecified atom stereocenters. The van der Waals surface area contributed by atoms with E-state index in [4.69, 9.17) is 4.74 Å². The smallest absolute Gasteiger partial charge is 0.191 e. The summed E-state index contributed by atoms with van der Waals surface area (Å²) in [5.41, 5.74) is 1.12. The summed E-state index contributed by atoms with van der Waals surface area (Å²) in [7, 11) is 0. The summed E-state index contributed by atoms with van der Waals surface area (Å²) in [6, 6.07) is 10.5. The molecule has 1 aromatic carbocycles. The van der Waals surface area contributed by atoms with Gasteiger partial charge >= 0.3 is 0 Å². The van der Waals surface area contributed by atoms with Crippen molar-refractivity contribution < 1.29 is 9.13 Å². The van der Waals surface area contributed by atoms with Crippen LogP contribution in [0, 0.1) is 5.82 Å². The number of hydrogen-bond acceptors (Lipinski definition) is 4. The second-order valence-corrected chi connectivity index (χ2v) is 7.15. The van der Waals surface area contributed by atoms with Crippen molar-refractivity contribution >= 4 is 35.8 Å². The molecule has 0 radical (unpaired) electrons. The summed E-state index contributed by atoms with van der Waals surface area (Å²) in [4.78, 5) is 11.5. The molecule has 0 aliphatic carbocycles. The molecule has 164 valence electrons. The van der Waals surface area contributed by atoms with Crippen molar-refractivity contribution in [3.8, 4) is 5.75 Å². The summed E-state index contributed by atoms with van der Waals surface area (Å²) in [5.74, 6) is 1.64. The summed E-state index contributed by atoms with van der Waals surface area (Å²) in [6.45, 7) is 7.89. The van der Waals surface area contributed by atoms with Gasteiger partial charge in [-0.25, -0.2) is 14.4 Å². The van der Waals surface area contributed by atoms with Gasteiger partial charge in [0.15, 0.2) is 17.5 Å². The van der Waals surface area contributed by atoms with Crippen LogP contribution in [0.25, 0.3) is 0 Å². The van der Waals surface area contributed by atoms with Crippen LogP contribution in [0.15, 0.2) is 47.6 Å². The van der Waals surface area contributed by atoms with E-state index in [9.17, 15) is 4.39 Å². The molecular weight excluding hydrogens is 496 g/mol. The Labute approximate surface area is 195 Å². The lowest BCUT2D eigenvalue weighted by atomic mass is 10.2. The van der Waals surface area contributed by atoms with Gasteiger partial charge < -0.3 is 20.3 Å². The first kappa shape index (κ1) is 24.2. The number of nitrogens with zero attached hydrogens (tertiary/aromatic N) is 3. The minimum atomic E-state index is -0.355. The van der Waals surface area contributed by atoms with Gasteiger partial charge in [0.1, 0.15) is 11.9 Å². The van der Waals surface area contributed by atoms with E-state index in [-0.39, 0.29) is 41.6 Å². The summed E-state index contributed by atoms with van der Waals surface area (Å²) in [6.07, 6.45) is 4.10. The Bertz CT molecular complexity index is 814. The quantitative estimate of drug-likeness (QED) is 0.309. The lowest BCUT2D eigenvalue weighted by Gasteiger charge is -2.18. The van der Waals surface area contributed by atoms with Crippen molar-refractivity contribution in [2.45, 2.75) is 39.3 Å². The minimum absolute atomic E-state index is 0. The zero-order valence-corrected chi connectivity index (χ0v) is 19.9. The molecule has 30 heavy (non-hydrogen) atoms. The number of ether oxygens (including phenoxy) is 1. The van der Waals surface area contributed by atoms with Gasteiger partial charge in [0.25, 0.3) is 0 Å². The topological polar surface area (TPSA) is 61.8 Å². The number of aromatic nitrogens is 1. The third kappa shape index (κ3) is 7.30. The molecule has 1 aliphatic rings. The van der Waals surface area contributed by atoms with Crippen LogP contribution in [0.5, 0.6) is 5.75 Å². The fourth-order valence-electron chi connectivity index (χ4n) is 3.23. The van der Waals surface area contributed by atoms with Crippen LogP contribution in [-0.2, 0) is 6.54 Å². The molecule has 6 nitrogen and oxygen atoms in total. The molecule has 1 aromatic heterocycles. The Morgan fingerprint density at radius 2 is 2.00 bits per heavy atom. The Hall–Kier alpha value is -2.10. The predicted octanol–water partition coefficient (Wildman–Crippen LogP) is 3.96.